The summed E-state index contributed by atoms with van der Waals surface area (Å²) < 4.78 is 2.10. The fourth-order valence-electron chi connectivity index (χ4n) is 1.64. The van der Waals surface area contributed by atoms with Gasteiger partial charge in [-0.05, 0) is 30.5 Å². The number of hydrogen-bond donors (Lipinski definition) is 0. The molecule has 2 aromatic rings. The molecule has 2 heteroatoms. The number of nitrogens with zero attached hydrogens (tertiary/aromatic N) is 1. The van der Waals surface area contributed by atoms with Gasteiger partial charge in [-0.3, -0.25) is 0 Å². The Kier molecular flexibility index (Phi) is 2.34. The van der Waals surface area contributed by atoms with Crippen LogP contribution in [0.5, 0.6) is 0 Å². The molecule has 0 aliphatic rings. The monoisotopic (exact) mass is 205 g/mol. The third-order valence-corrected chi connectivity index (χ3v) is 2.39. The predicted octanol–water partition coefficient (Wildman–Crippen LogP) is 3.70. The highest BCUT2D eigenvalue weighted by atomic mass is 35.5. The Balaban J connectivity index is 2.52. The maximum Gasteiger partial charge on any atom is 0.0577 e. The molecule has 0 unspecified atom stereocenters. The highest BCUT2D eigenvalue weighted by Gasteiger charge is 2.00. The van der Waals surface area contributed by atoms with Crippen LogP contribution >= 0.6 is 11.6 Å². The third-order valence-electron chi connectivity index (χ3n) is 2.27. The lowest BCUT2D eigenvalue weighted by Gasteiger charge is -2.03. The molecule has 14 heavy (non-hydrogen) atoms. The quantitative estimate of drug-likeness (QED) is 0.705. The SMILES string of the molecule is C=C(Cl)Cn1ccc2cc(C)ccc21. The van der Waals surface area contributed by atoms with Gasteiger partial charge in [0, 0.05) is 16.7 Å². The summed E-state index contributed by atoms with van der Waals surface area (Å²) in [6.07, 6.45) is 2.04. The van der Waals surface area contributed by atoms with Gasteiger partial charge in [-0.15, -0.1) is 0 Å². The van der Waals surface area contributed by atoms with Crippen LogP contribution in [0.3, 0.4) is 0 Å². The van der Waals surface area contributed by atoms with Crippen molar-refractivity contribution in [3.63, 3.8) is 0 Å². The first-order chi connectivity index (χ1) is 6.66. The molecule has 0 spiro atoms. The Bertz CT molecular complexity index is 482. The van der Waals surface area contributed by atoms with E-state index in [4.69, 9.17) is 11.6 Å². The van der Waals surface area contributed by atoms with Gasteiger partial charge >= 0.3 is 0 Å². The van der Waals surface area contributed by atoms with Crippen LogP contribution in [0.1, 0.15) is 5.56 Å². The van der Waals surface area contributed by atoms with E-state index < -0.39 is 0 Å². The Morgan fingerprint density at radius 3 is 2.93 bits per heavy atom. The van der Waals surface area contributed by atoms with E-state index in [-0.39, 0.29) is 0 Å². The van der Waals surface area contributed by atoms with Crippen molar-refractivity contribution in [2.75, 3.05) is 0 Å². The first kappa shape index (κ1) is 9.35. The van der Waals surface area contributed by atoms with Gasteiger partial charge in [0.15, 0.2) is 0 Å². The zero-order chi connectivity index (χ0) is 10.1. The van der Waals surface area contributed by atoms with Gasteiger partial charge in [0.1, 0.15) is 0 Å². The van der Waals surface area contributed by atoms with Crippen LogP contribution < -0.4 is 0 Å². The zero-order valence-electron chi connectivity index (χ0n) is 8.13. The first-order valence-electron chi connectivity index (χ1n) is 4.55. The number of halogens is 1. The minimum Gasteiger partial charge on any atom is -0.342 e. The van der Waals surface area contributed by atoms with Crippen LogP contribution in [0.4, 0.5) is 0 Å². The van der Waals surface area contributed by atoms with Gasteiger partial charge < -0.3 is 4.57 Å². The summed E-state index contributed by atoms with van der Waals surface area (Å²) in [5.74, 6) is 0. The average molecular weight is 206 g/mol. The molecule has 1 nitrogen and oxygen atoms in total. The maximum atomic E-state index is 5.79. The second-order valence-corrected chi connectivity index (χ2v) is 4.06. The van der Waals surface area contributed by atoms with Gasteiger partial charge in [-0.1, -0.05) is 29.8 Å². The van der Waals surface area contributed by atoms with Crippen molar-refractivity contribution < 1.29 is 0 Å². The molecule has 0 radical (unpaired) electrons. The number of fused-ring (bicyclic) bond motifs is 1. The van der Waals surface area contributed by atoms with Crippen LogP contribution in [-0.2, 0) is 6.54 Å². The molecule has 0 aliphatic heterocycles. The lowest BCUT2D eigenvalue weighted by Crippen LogP contribution is -1.94. The van der Waals surface area contributed by atoms with Gasteiger partial charge in [0.05, 0.1) is 6.54 Å². The molecule has 1 aromatic heterocycles. The lowest BCUT2D eigenvalue weighted by atomic mass is 10.2. The van der Waals surface area contributed by atoms with Crippen LogP contribution in [0, 0.1) is 6.92 Å². The Hall–Kier alpha value is -1.21. The molecule has 2 rings (SSSR count). The Morgan fingerprint density at radius 2 is 2.21 bits per heavy atom. The van der Waals surface area contributed by atoms with Crippen molar-refractivity contribution in [2.24, 2.45) is 0 Å². The summed E-state index contributed by atoms with van der Waals surface area (Å²) in [7, 11) is 0. The smallest absolute Gasteiger partial charge is 0.0577 e. The van der Waals surface area contributed by atoms with E-state index in [1.54, 1.807) is 0 Å². The number of hydrogen-bond acceptors (Lipinski definition) is 0. The maximum absolute atomic E-state index is 5.79. The summed E-state index contributed by atoms with van der Waals surface area (Å²) >= 11 is 5.79. The van der Waals surface area contributed by atoms with E-state index in [1.165, 1.54) is 16.5 Å². The van der Waals surface area contributed by atoms with Crippen LogP contribution in [0.25, 0.3) is 10.9 Å². The largest absolute Gasteiger partial charge is 0.342 e. The predicted molar refractivity (Wildman–Crippen MR) is 61.7 cm³/mol. The molecule has 72 valence electrons. The first-order valence-corrected chi connectivity index (χ1v) is 4.93. The van der Waals surface area contributed by atoms with E-state index in [9.17, 15) is 0 Å². The van der Waals surface area contributed by atoms with Crippen molar-refractivity contribution in [3.8, 4) is 0 Å². The van der Waals surface area contributed by atoms with Gasteiger partial charge in [0.2, 0.25) is 0 Å². The fraction of sp³-hybridized carbons (Fsp3) is 0.167. The summed E-state index contributed by atoms with van der Waals surface area (Å²) in [5, 5.41) is 1.91. The second-order valence-electron chi connectivity index (χ2n) is 3.52. The van der Waals surface area contributed by atoms with Gasteiger partial charge in [-0.2, -0.15) is 0 Å². The molecule has 0 aliphatic carbocycles. The molecule has 0 saturated carbocycles. The summed E-state index contributed by atoms with van der Waals surface area (Å²) in [4.78, 5) is 0. The van der Waals surface area contributed by atoms with E-state index in [1.807, 2.05) is 6.20 Å². The molecule has 1 heterocycles. The fourth-order valence-corrected chi connectivity index (χ4v) is 1.77. The minimum absolute atomic E-state index is 0.656. The zero-order valence-corrected chi connectivity index (χ0v) is 8.88. The molecule has 0 amide bonds. The van der Waals surface area contributed by atoms with Crippen LogP contribution in [-0.4, -0.2) is 4.57 Å². The lowest BCUT2D eigenvalue weighted by molar-refractivity contribution is 0.853. The van der Waals surface area contributed by atoms with Crippen molar-refractivity contribution in [3.05, 3.63) is 47.6 Å². The molecule has 0 bridgehead atoms. The van der Waals surface area contributed by atoms with Crippen molar-refractivity contribution in [1.29, 1.82) is 0 Å². The Labute approximate surface area is 88.6 Å². The summed E-state index contributed by atoms with van der Waals surface area (Å²) in [6.45, 7) is 6.47. The van der Waals surface area contributed by atoms with Crippen molar-refractivity contribution in [1.82, 2.24) is 4.57 Å². The molecule has 0 atom stereocenters. The number of rotatable bonds is 2. The minimum atomic E-state index is 0.656. The molecular formula is C12H12ClN. The number of aryl methyl sites for hydroxylation is 1. The van der Waals surface area contributed by atoms with Crippen molar-refractivity contribution in [2.45, 2.75) is 13.5 Å². The standard InChI is InChI=1S/C12H12ClN/c1-9-3-4-12-11(7-9)5-6-14(12)8-10(2)13/h3-7H,2,8H2,1H3. The number of aromatic nitrogens is 1. The second kappa shape index (κ2) is 3.50. The van der Waals surface area contributed by atoms with Gasteiger partial charge in [0.25, 0.3) is 0 Å². The third kappa shape index (κ3) is 1.68. The number of benzene rings is 1. The normalized spacial score (nSPS) is 10.7. The average Bonchev–Trinajstić information content (AvgIpc) is 2.47. The molecule has 0 fully saturated rings. The molecule has 1 aromatic carbocycles. The summed E-state index contributed by atoms with van der Waals surface area (Å²) in [6, 6.07) is 8.49. The Morgan fingerprint density at radius 1 is 1.43 bits per heavy atom. The number of allylic oxidation sites excluding steroid dienone is 1. The highest BCUT2D eigenvalue weighted by Crippen LogP contribution is 2.18. The van der Waals surface area contributed by atoms with Crippen molar-refractivity contribution >= 4 is 22.5 Å². The van der Waals surface area contributed by atoms with Crippen LogP contribution in [0.2, 0.25) is 0 Å². The van der Waals surface area contributed by atoms with E-state index in [0.717, 1.165) is 0 Å². The van der Waals surface area contributed by atoms with Gasteiger partial charge in [-0.25, -0.2) is 0 Å². The van der Waals surface area contributed by atoms with E-state index in [2.05, 4.69) is 42.3 Å². The molecular weight excluding hydrogens is 194 g/mol. The van der Waals surface area contributed by atoms with E-state index >= 15 is 0 Å². The summed E-state index contributed by atoms with van der Waals surface area (Å²) in [5.41, 5.74) is 2.48. The topological polar surface area (TPSA) is 4.93 Å². The molecule has 0 N–H and O–H groups in total. The van der Waals surface area contributed by atoms with E-state index in [0.29, 0.717) is 11.6 Å². The highest BCUT2D eigenvalue weighted by molar-refractivity contribution is 6.29. The molecule has 0 saturated heterocycles. The van der Waals surface area contributed by atoms with Crippen LogP contribution in [0.15, 0.2) is 42.1 Å².